The van der Waals surface area contributed by atoms with Crippen molar-refractivity contribution in [2.45, 2.75) is 6.92 Å². The first-order chi connectivity index (χ1) is 9.95. The van der Waals surface area contributed by atoms with E-state index < -0.39 is 5.91 Å². The first-order valence-electron chi connectivity index (χ1n) is 5.90. The number of primary amides is 1. The fraction of sp³-hybridized carbons (Fsp3) is 0.154. The minimum absolute atomic E-state index is 0.174. The Morgan fingerprint density at radius 3 is 2.86 bits per heavy atom. The lowest BCUT2D eigenvalue weighted by Crippen LogP contribution is -2.20. The SMILES string of the molecule is Cc1cc(OCC(=O)Nc2ncc(C(N)=O)s2)ccc1Cl. The lowest BCUT2D eigenvalue weighted by molar-refractivity contribution is -0.118. The Morgan fingerprint density at radius 2 is 2.24 bits per heavy atom. The summed E-state index contributed by atoms with van der Waals surface area (Å²) >= 11 is 6.90. The van der Waals surface area contributed by atoms with Gasteiger partial charge in [-0.05, 0) is 30.7 Å². The number of nitrogens with one attached hydrogen (secondary N) is 1. The number of hydrogen-bond donors (Lipinski definition) is 2. The molecule has 1 aromatic carbocycles. The maximum Gasteiger partial charge on any atom is 0.264 e. The lowest BCUT2D eigenvalue weighted by Gasteiger charge is -2.07. The molecule has 1 aromatic heterocycles. The van der Waals surface area contributed by atoms with Crippen molar-refractivity contribution < 1.29 is 14.3 Å². The van der Waals surface area contributed by atoms with Gasteiger partial charge in [-0.15, -0.1) is 0 Å². The highest BCUT2D eigenvalue weighted by Gasteiger charge is 2.10. The monoisotopic (exact) mass is 325 g/mol. The first kappa shape index (κ1) is 15.3. The fourth-order valence-electron chi connectivity index (χ4n) is 1.46. The highest BCUT2D eigenvalue weighted by atomic mass is 35.5. The Balaban J connectivity index is 1.89. The van der Waals surface area contributed by atoms with Crippen LogP contribution in [0.5, 0.6) is 5.75 Å². The third-order valence-corrected chi connectivity index (χ3v) is 3.85. The fourth-order valence-corrected chi connectivity index (χ4v) is 2.26. The van der Waals surface area contributed by atoms with Crippen LogP contribution in [0.3, 0.4) is 0 Å². The number of benzene rings is 1. The van der Waals surface area contributed by atoms with Crippen molar-refractivity contribution >= 4 is 39.9 Å². The molecule has 21 heavy (non-hydrogen) atoms. The lowest BCUT2D eigenvalue weighted by atomic mass is 10.2. The van der Waals surface area contributed by atoms with E-state index in [0.29, 0.717) is 15.9 Å². The van der Waals surface area contributed by atoms with Crippen molar-refractivity contribution in [3.05, 3.63) is 39.9 Å². The van der Waals surface area contributed by atoms with Crippen molar-refractivity contribution in [1.82, 2.24) is 4.98 Å². The average molecular weight is 326 g/mol. The summed E-state index contributed by atoms with van der Waals surface area (Å²) in [5, 5.41) is 3.45. The molecule has 0 fully saturated rings. The van der Waals surface area contributed by atoms with Gasteiger partial charge in [-0.2, -0.15) is 0 Å². The van der Waals surface area contributed by atoms with Crippen LogP contribution in [0.4, 0.5) is 5.13 Å². The number of anilines is 1. The van der Waals surface area contributed by atoms with E-state index in [4.69, 9.17) is 22.1 Å². The number of aryl methyl sites for hydroxylation is 1. The maximum atomic E-state index is 11.7. The predicted molar refractivity (Wildman–Crippen MR) is 80.9 cm³/mol. The second kappa shape index (κ2) is 6.55. The largest absolute Gasteiger partial charge is 0.484 e. The molecule has 0 saturated heterocycles. The minimum atomic E-state index is -0.583. The van der Waals surface area contributed by atoms with Crippen LogP contribution in [0.15, 0.2) is 24.4 Å². The molecule has 1 heterocycles. The Hall–Kier alpha value is -2.12. The smallest absolute Gasteiger partial charge is 0.264 e. The van der Waals surface area contributed by atoms with Crippen LogP contribution in [0.25, 0.3) is 0 Å². The minimum Gasteiger partial charge on any atom is -0.484 e. The van der Waals surface area contributed by atoms with Crippen LogP contribution in [0, 0.1) is 6.92 Å². The van der Waals surface area contributed by atoms with Crippen LogP contribution in [-0.2, 0) is 4.79 Å². The first-order valence-corrected chi connectivity index (χ1v) is 7.09. The molecule has 2 aromatic rings. The number of rotatable bonds is 5. The summed E-state index contributed by atoms with van der Waals surface area (Å²) in [6, 6.07) is 5.12. The van der Waals surface area contributed by atoms with Crippen LogP contribution >= 0.6 is 22.9 Å². The Labute approximate surface area is 129 Å². The molecule has 0 radical (unpaired) electrons. The molecule has 0 aliphatic rings. The predicted octanol–water partition coefficient (Wildman–Crippen LogP) is 2.22. The summed E-state index contributed by atoms with van der Waals surface area (Å²) in [7, 11) is 0. The zero-order valence-electron chi connectivity index (χ0n) is 11.1. The second-order valence-corrected chi connectivity index (χ2v) is 5.58. The van der Waals surface area contributed by atoms with E-state index in [0.717, 1.165) is 16.9 Å². The van der Waals surface area contributed by atoms with Crippen molar-refractivity contribution in [1.29, 1.82) is 0 Å². The van der Waals surface area contributed by atoms with Crippen molar-refractivity contribution in [2.24, 2.45) is 5.73 Å². The van der Waals surface area contributed by atoms with Gasteiger partial charge < -0.3 is 10.5 Å². The molecule has 3 N–H and O–H groups in total. The number of carbonyl (C=O) groups excluding carboxylic acids is 2. The molecule has 0 saturated carbocycles. The van der Waals surface area contributed by atoms with Gasteiger partial charge in [-0.1, -0.05) is 22.9 Å². The van der Waals surface area contributed by atoms with Gasteiger partial charge in [-0.3, -0.25) is 14.9 Å². The van der Waals surface area contributed by atoms with Crippen molar-refractivity contribution in [3.63, 3.8) is 0 Å². The molecule has 0 aliphatic heterocycles. The molecule has 8 heteroatoms. The molecule has 6 nitrogen and oxygen atoms in total. The van der Waals surface area contributed by atoms with Gasteiger partial charge in [0.15, 0.2) is 11.7 Å². The summed E-state index contributed by atoms with van der Waals surface area (Å²) in [5.74, 6) is -0.419. The van der Waals surface area contributed by atoms with Gasteiger partial charge >= 0.3 is 0 Å². The summed E-state index contributed by atoms with van der Waals surface area (Å²) in [5.41, 5.74) is 5.96. The third-order valence-electron chi connectivity index (χ3n) is 2.49. The van der Waals surface area contributed by atoms with Crippen molar-refractivity contribution in [3.8, 4) is 5.75 Å². The van der Waals surface area contributed by atoms with E-state index in [9.17, 15) is 9.59 Å². The van der Waals surface area contributed by atoms with E-state index >= 15 is 0 Å². The molecule has 0 spiro atoms. The summed E-state index contributed by atoms with van der Waals surface area (Å²) in [4.78, 5) is 26.8. The molecule has 2 amide bonds. The highest BCUT2D eigenvalue weighted by molar-refractivity contribution is 7.17. The number of ether oxygens (including phenoxy) is 1. The number of aromatic nitrogens is 1. The van der Waals surface area contributed by atoms with E-state index in [1.54, 1.807) is 18.2 Å². The second-order valence-electron chi connectivity index (χ2n) is 4.14. The summed E-state index contributed by atoms with van der Waals surface area (Å²) in [6.07, 6.45) is 1.31. The maximum absolute atomic E-state index is 11.7. The Morgan fingerprint density at radius 1 is 1.48 bits per heavy atom. The van der Waals surface area contributed by atoms with E-state index in [1.807, 2.05) is 6.92 Å². The average Bonchev–Trinajstić information content (AvgIpc) is 2.89. The molecule has 0 unspecified atom stereocenters. The van der Waals surface area contributed by atoms with Crippen LogP contribution in [0.2, 0.25) is 5.02 Å². The van der Waals surface area contributed by atoms with Gasteiger partial charge in [0.1, 0.15) is 10.6 Å². The Kier molecular flexibility index (Phi) is 4.77. The number of thiazole rings is 1. The molecule has 0 aliphatic carbocycles. The van der Waals surface area contributed by atoms with Gasteiger partial charge in [-0.25, -0.2) is 4.98 Å². The van der Waals surface area contributed by atoms with E-state index in [-0.39, 0.29) is 17.4 Å². The van der Waals surface area contributed by atoms with Gasteiger partial charge in [0.2, 0.25) is 0 Å². The van der Waals surface area contributed by atoms with Crippen LogP contribution in [0.1, 0.15) is 15.2 Å². The standard InChI is InChI=1S/C13H12ClN3O3S/c1-7-4-8(2-3-9(7)14)20-6-11(18)17-13-16-5-10(21-13)12(15)19/h2-5H,6H2,1H3,(H2,15,19)(H,16,17,18). The van der Waals surface area contributed by atoms with E-state index in [2.05, 4.69) is 10.3 Å². The highest BCUT2D eigenvalue weighted by Crippen LogP contribution is 2.21. The van der Waals surface area contributed by atoms with E-state index in [1.165, 1.54) is 6.20 Å². The number of carbonyl (C=O) groups is 2. The number of nitrogens with two attached hydrogens (primary N) is 1. The van der Waals surface area contributed by atoms with Crippen LogP contribution in [-0.4, -0.2) is 23.4 Å². The quantitative estimate of drug-likeness (QED) is 0.881. The van der Waals surface area contributed by atoms with Gasteiger partial charge in [0.05, 0.1) is 6.20 Å². The summed E-state index contributed by atoms with van der Waals surface area (Å²) in [6.45, 7) is 1.67. The zero-order chi connectivity index (χ0) is 15.4. The van der Waals surface area contributed by atoms with Gasteiger partial charge in [0, 0.05) is 5.02 Å². The Bertz CT molecular complexity index is 687. The number of amides is 2. The third kappa shape index (κ3) is 4.17. The molecule has 0 atom stereocenters. The van der Waals surface area contributed by atoms with Gasteiger partial charge in [0.25, 0.3) is 11.8 Å². The number of halogens is 1. The number of nitrogens with zero attached hydrogens (tertiary/aromatic N) is 1. The summed E-state index contributed by atoms with van der Waals surface area (Å²) < 4.78 is 5.34. The van der Waals surface area contributed by atoms with Crippen LogP contribution < -0.4 is 15.8 Å². The molecule has 0 bridgehead atoms. The zero-order valence-corrected chi connectivity index (χ0v) is 12.6. The molecule has 2 rings (SSSR count). The normalized spacial score (nSPS) is 10.2. The van der Waals surface area contributed by atoms with Crippen molar-refractivity contribution in [2.75, 3.05) is 11.9 Å². The molecular formula is C13H12ClN3O3S. The molecule has 110 valence electrons. The molecular weight excluding hydrogens is 314 g/mol. The number of hydrogen-bond acceptors (Lipinski definition) is 5. The topological polar surface area (TPSA) is 94.3 Å².